The van der Waals surface area contributed by atoms with E-state index in [0.717, 1.165) is 11.8 Å². The van der Waals surface area contributed by atoms with Crippen LogP contribution >= 0.6 is 23.4 Å². The van der Waals surface area contributed by atoms with Crippen molar-refractivity contribution in [2.45, 2.75) is 0 Å². The first-order valence-electron chi connectivity index (χ1n) is 5.29. The van der Waals surface area contributed by atoms with Gasteiger partial charge in [-0.1, -0.05) is 11.6 Å². The second-order valence-corrected chi connectivity index (χ2v) is 5.19. The average molecular weight is 305 g/mol. The van der Waals surface area contributed by atoms with Crippen molar-refractivity contribution in [3.63, 3.8) is 0 Å². The first-order valence-corrected chi connectivity index (χ1v) is 7.07. The normalized spacial score (nSPS) is 10.3. The molecule has 0 fully saturated rings. The molecule has 1 rings (SSSR count). The number of benzene rings is 1. The summed E-state index contributed by atoms with van der Waals surface area (Å²) in [5.74, 6) is -0.445. The van der Waals surface area contributed by atoms with Crippen molar-refractivity contribution in [3.8, 4) is 0 Å². The van der Waals surface area contributed by atoms with E-state index in [1.54, 1.807) is 23.7 Å². The number of rotatable bonds is 6. The van der Waals surface area contributed by atoms with Gasteiger partial charge in [-0.15, -0.1) is 0 Å². The molecule has 104 valence electrons. The number of nitro benzene ring substituents is 1. The molecule has 0 aliphatic carbocycles. The molecule has 1 N–H and O–H groups in total. The van der Waals surface area contributed by atoms with Crippen molar-refractivity contribution < 1.29 is 14.8 Å². The lowest BCUT2D eigenvalue weighted by Gasteiger charge is -2.22. The van der Waals surface area contributed by atoms with Gasteiger partial charge >= 0.3 is 5.97 Å². The standard InChI is InChI=1S/C11H13ClN2O4S/c1-13(3-4-19-2)10-8(11(15)16)5-7(14(17)18)6-9(10)12/h5-6H,3-4H2,1-2H3,(H,15,16). The van der Waals surface area contributed by atoms with Crippen LogP contribution < -0.4 is 4.90 Å². The van der Waals surface area contributed by atoms with Gasteiger partial charge in [0.25, 0.3) is 5.69 Å². The lowest BCUT2D eigenvalue weighted by Crippen LogP contribution is -2.23. The summed E-state index contributed by atoms with van der Waals surface area (Å²) < 4.78 is 0. The number of halogens is 1. The Labute approximate surface area is 119 Å². The molecule has 0 atom stereocenters. The Morgan fingerprint density at radius 1 is 1.58 bits per heavy atom. The van der Waals surface area contributed by atoms with Crippen LogP contribution in [0.4, 0.5) is 11.4 Å². The molecule has 0 spiro atoms. The maximum absolute atomic E-state index is 11.2. The van der Waals surface area contributed by atoms with E-state index in [-0.39, 0.29) is 16.3 Å². The molecular formula is C11H13ClN2O4S. The van der Waals surface area contributed by atoms with Gasteiger partial charge in [-0.25, -0.2) is 4.79 Å². The molecule has 8 heteroatoms. The third-order valence-electron chi connectivity index (χ3n) is 2.50. The second kappa shape index (κ2) is 6.63. The largest absolute Gasteiger partial charge is 0.478 e. The van der Waals surface area contributed by atoms with Crippen molar-refractivity contribution >= 4 is 40.7 Å². The van der Waals surface area contributed by atoms with Crippen molar-refractivity contribution in [2.24, 2.45) is 0 Å². The predicted octanol–water partition coefficient (Wildman–Crippen LogP) is 2.75. The van der Waals surface area contributed by atoms with Crippen LogP contribution in [0.2, 0.25) is 5.02 Å². The number of carboxylic acid groups (broad SMARTS) is 1. The van der Waals surface area contributed by atoms with Gasteiger partial charge in [-0.05, 0) is 6.26 Å². The van der Waals surface area contributed by atoms with Gasteiger partial charge in [0.2, 0.25) is 0 Å². The fraction of sp³-hybridized carbons (Fsp3) is 0.364. The zero-order valence-electron chi connectivity index (χ0n) is 10.4. The minimum atomic E-state index is -1.24. The van der Waals surface area contributed by atoms with Crippen LogP contribution in [0.5, 0.6) is 0 Å². The average Bonchev–Trinajstić information content (AvgIpc) is 2.34. The minimum Gasteiger partial charge on any atom is -0.478 e. The molecule has 0 saturated carbocycles. The highest BCUT2D eigenvalue weighted by atomic mass is 35.5. The smallest absolute Gasteiger partial charge is 0.338 e. The molecule has 0 unspecified atom stereocenters. The summed E-state index contributed by atoms with van der Waals surface area (Å²) in [7, 11) is 1.70. The third kappa shape index (κ3) is 3.74. The molecule has 0 aliphatic heterocycles. The van der Waals surface area contributed by atoms with Crippen molar-refractivity contribution in [1.29, 1.82) is 0 Å². The van der Waals surface area contributed by atoms with E-state index in [2.05, 4.69) is 0 Å². The second-order valence-electron chi connectivity index (χ2n) is 3.80. The lowest BCUT2D eigenvalue weighted by molar-refractivity contribution is -0.384. The van der Waals surface area contributed by atoms with Crippen LogP contribution in [-0.4, -0.2) is 41.6 Å². The van der Waals surface area contributed by atoms with Crippen LogP contribution in [0.1, 0.15) is 10.4 Å². The van der Waals surface area contributed by atoms with E-state index in [4.69, 9.17) is 16.7 Å². The Hall–Kier alpha value is -1.47. The van der Waals surface area contributed by atoms with Crippen molar-refractivity contribution in [1.82, 2.24) is 0 Å². The lowest BCUT2D eigenvalue weighted by atomic mass is 10.1. The maximum Gasteiger partial charge on any atom is 0.338 e. The summed E-state index contributed by atoms with van der Waals surface area (Å²) in [6.45, 7) is 0.596. The van der Waals surface area contributed by atoms with Gasteiger partial charge in [-0.3, -0.25) is 10.1 Å². The monoisotopic (exact) mass is 304 g/mol. The number of hydrogen-bond acceptors (Lipinski definition) is 5. The quantitative estimate of drug-likeness (QED) is 0.642. The van der Waals surface area contributed by atoms with E-state index in [1.165, 1.54) is 6.07 Å². The highest BCUT2D eigenvalue weighted by Gasteiger charge is 2.22. The minimum absolute atomic E-state index is 0.0650. The molecule has 0 bridgehead atoms. The Bertz CT molecular complexity index is 510. The zero-order chi connectivity index (χ0) is 14.6. The Balaban J connectivity index is 3.29. The molecule has 0 amide bonds. The number of carboxylic acids is 1. The molecule has 0 aliphatic rings. The fourth-order valence-corrected chi connectivity index (χ4v) is 2.40. The van der Waals surface area contributed by atoms with Crippen LogP contribution in [-0.2, 0) is 0 Å². The van der Waals surface area contributed by atoms with Gasteiger partial charge < -0.3 is 10.0 Å². The van der Waals surface area contributed by atoms with Crippen LogP contribution in [0, 0.1) is 10.1 Å². The molecule has 0 radical (unpaired) electrons. The van der Waals surface area contributed by atoms with Crippen LogP contribution in [0.15, 0.2) is 12.1 Å². The molecule has 1 aromatic rings. The summed E-state index contributed by atoms with van der Waals surface area (Å²) in [5, 5.41) is 19.9. The molecular weight excluding hydrogens is 292 g/mol. The third-order valence-corrected chi connectivity index (χ3v) is 3.38. The molecule has 1 aromatic carbocycles. The number of anilines is 1. The Kier molecular flexibility index (Phi) is 5.44. The van der Waals surface area contributed by atoms with Gasteiger partial charge in [0, 0.05) is 31.5 Å². The van der Waals surface area contributed by atoms with Gasteiger partial charge in [-0.2, -0.15) is 11.8 Å². The topological polar surface area (TPSA) is 83.7 Å². The van der Waals surface area contributed by atoms with Crippen molar-refractivity contribution in [3.05, 3.63) is 32.8 Å². The molecule has 0 heterocycles. The number of non-ortho nitro benzene ring substituents is 1. The Morgan fingerprint density at radius 3 is 2.68 bits per heavy atom. The summed E-state index contributed by atoms with van der Waals surface area (Å²) in [6.07, 6.45) is 1.93. The zero-order valence-corrected chi connectivity index (χ0v) is 12.0. The number of nitro groups is 1. The van der Waals surface area contributed by atoms with E-state index in [0.29, 0.717) is 12.2 Å². The van der Waals surface area contributed by atoms with Crippen LogP contribution in [0.3, 0.4) is 0 Å². The van der Waals surface area contributed by atoms with Crippen LogP contribution in [0.25, 0.3) is 0 Å². The molecule has 19 heavy (non-hydrogen) atoms. The highest BCUT2D eigenvalue weighted by Crippen LogP contribution is 2.33. The van der Waals surface area contributed by atoms with E-state index in [9.17, 15) is 14.9 Å². The molecule has 0 saturated heterocycles. The predicted molar refractivity (Wildman–Crippen MR) is 76.7 cm³/mol. The number of thioether (sulfide) groups is 1. The Morgan fingerprint density at radius 2 is 2.21 bits per heavy atom. The number of nitrogens with zero attached hydrogens (tertiary/aromatic N) is 2. The highest BCUT2D eigenvalue weighted by molar-refractivity contribution is 7.98. The summed E-state index contributed by atoms with van der Waals surface area (Å²) >= 11 is 7.59. The van der Waals surface area contributed by atoms with Crippen molar-refractivity contribution in [2.75, 3.05) is 30.5 Å². The fourth-order valence-electron chi connectivity index (χ4n) is 1.58. The molecule has 0 aromatic heterocycles. The van der Waals surface area contributed by atoms with Gasteiger partial charge in [0.1, 0.15) is 0 Å². The summed E-state index contributed by atoms with van der Waals surface area (Å²) in [6, 6.07) is 2.19. The van der Waals surface area contributed by atoms with E-state index < -0.39 is 10.9 Å². The summed E-state index contributed by atoms with van der Waals surface area (Å²) in [5.41, 5.74) is -0.193. The van der Waals surface area contributed by atoms with Gasteiger partial charge in [0.15, 0.2) is 0 Å². The van der Waals surface area contributed by atoms with Gasteiger partial charge in [0.05, 0.1) is 21.2 Å². The first kappa shape index (κ1) is 15.6. The summed E-state index contributed by atoms with van der Waals surface area (Å²) in [4.78, 5) is 23.0. The number of carbonyl (C=O) groups is 1. The molecule has 6 nitrogen and oxygen atoms in total. The number of hydrogen-bond donors (Lipinski definition) is 1. The first-order chi connectivity index (χ1) is 8.88. The SMILES string of the molecule is CSCCN(C)c1c(Cl)cc([N+](=O)[O-])cc1C(=O)O. The van der Waals surface area contributed by atoms with E-state index in [1.807, 2.05) is 6.26 Å². The maximum atomic E-state index is 11.2. The van der Waals surface area contributed by atoms with E-state index >= 15 is 0 Å². The number of aromatic carboxylic acids is 1.